The maximum absolute atomic E-state index is 11.8. The SMILES string of the molecule is CCC(CO)(COC(=O)CCCCC(C)O)COC(=O)CCCCC(C)O. The van der Waals surface area contributed by atoms with Crippen LogP contribution in [0.5, 0.6) is 0 Å². The first-order chi connectivity index (χ1) is 12.7. The lowest BCUT2D eigenvalue weighted by Gasteiger charge is -2.29. The number of rotatable bonds is 16. The smallest absolute Gasteiger partial charge is 0.305 e. The fraction of sp³-hybridized carbons (Fsp3) is 0.900. The van der Waals surface area contributed by atoms with E-state index in [1.165, 1.54) is 0 Å². The molecular formula is C20H38O7. The molecule has 0 rings (SSSR count). The number of aliphatic hydroxyl groups excluding tert-OH is 3. The molecule has 2 atom stereocenters. The predicted octanol–water partition coefficient (Wildman–Crippen LogP) is 2.34. The average Bonchev–Trinajstić information content (AvgIpc) is 2.63. The van der Waals surface area contributed by atoms with Crippen LogP contribution in [0.25, 0.3) is 0 Å². The Labute approximate surface area is 163 Å². The van der Waals surface area contributed by atoms with Gasteiger partial charge in [0.15, 0.2) is 0 Å². The van der Waals surface area contributed by atoms with Gasteiger partial charge in [-0.25, -0.2) is 0 Å². The lowest BCUT2D eigenvalue weighted by atomic mass is 9.88. The van der Waals surface area contributed by atoms with Crippen LogP contribution >= 0.6 is 0 Å². The minimum Gasteiger partial charge on any atom is -0.465 e. The standard InChI is InChI=1S/C20H38O7/c1-4-20(13-21,14-26-18(24)11-7-5-9-16(2)22)15-27-19(25)12-8-6-10-17(3)23/h16-17,21-23H,4-15H2,1-3H3. The Balaban J connectivity index is 4.18. The van der Waals surface area contributed by atoms with Crippen molar-refractivity contribution in [1.29, 1.82) is 0 Å². The number of hydrogen-bond donors (Lipinski definition) is 3. The van der Waals surface area contributed by atoms with Crippen LogP contribution in [0.15, 0.2) is 0 Å². The van der Waals surface area contributed by atoms with Crippen molar-refractivity contribution in [2.75, 3.05) is 19.8 Å². The molecule has 0 aliphatic heterocycles. The first-order valence-corrected chi connectivity index (χ1v) is 10.0. The van der Waals surface area contributed by atoms with Gasteiger partial charge in [0.2, 0.25) is 0 Å². The summed E-state index contributed by atoms with van der Waals surface area (Å²) >= 11 is 0. The Kier molecular flexibility index (Phi) is 14.2. The number of carbonyl (C=O) groups is 2. The molecule has 0 aromatic rings. The van der Waals surface area contributed by atoms with E-state index in [9.17, 15) is 24.9 Å². The Morgan fingerprint density at radius 3 is 1.56 bits per heavy atom. The third-order valence-corrected chi connectivity index (χ3v) is 4.67. The number of ether oxygens (including phenoxy) is 2. The van der Waals surface area contributed by atoms with Gasteiger partial charge in [-0.3, -0.25) is 9.59 Å². The molecule has 3 N–H and O–H groups in total. The van der Waals surface area contributed by atoms with E-state index in [1.807, 2.05) is 6.92 Å². The van der Waals surface area contributed by atoms with Crippen LogP contribution in [-0.2, 0) is 19.1 Å². The highest BCUT2D eigenvalue weighted by Gasteiger charge is 2.31. The number of aliphatic hydroxyl groups is 3. The molecule has 27 heavy (non-hydrogen) atoms. The molecule has 0 aliphatic rings. The second kappa shape index (κ2) is 14.8. The molecule has 0 radical (unpaired) electrons. The molecule has 0 spiro atoms. The molecule has 0 fully saturated rings. The van der Waals surface area contributed by atoms with Crippen LogP contribution in [0.2, 0.25) is 0 Å². The highest BCUT2D eigenvalue weighted by atomic mass is 16.5. The normalized spacial score (nSPS) is 15.6. The third kappa shape index (κ3) is 13.6. The first kappa shape index (κ1) is 25.8. The summed E-state index contributed by atoms with van der Waals surface area (Å²) in [5.41, 5.74) is -0.787. The number of carbonyl (C=O) groups excluding carboxylic acids is 2. The minimum atomic E-state index is -0.787. The summed E-state index contributed by atoms with van der Waals surface area (Å²) in [6.45, 7) is 5.04. The van der Waals surface area contributed by atoms with E-state index >= 15 is 0 Å². The molecule has 0 bridgehead atoms. The van der Waals surface area contributed by atoms with Gasteiger partial charge in [0.05, 0.1) is 24.2 Å². The van der Waals surface area contributed by atoms with E-state index in [0.29, 0.717) is 32.1 Å². The average molecular weight is 391 g/mol. The van der Waals surface area contributed by atoms with E-state index < -0.39 is 5.41 Å². The second-order valence-electron chi connectivity index (χ2n) is 7.52. The Bertz CT molecular complexity index is 369. The highest BCUT2D eigenvalue weighted by molar-refractivity contribution is 5.69. The van der Waals surface area contributed by atoms with Gasteiger partial charge >= 0.3 is 11.9 Å². The van der Waals surface area contributed by atoms with Gasteiger partial charge in [-0.1, -0.05) is 19.8 Å². The van der Waals surface area contributed by atoms with E-state index in [2.05, 4.69) is 0 Å². The lowest BCUT2D eigenvalue weighted by Crippen LogP contribution is -2.37. The topological polar surface area (TPSA) is 113 Å². The number of hydrogen-bond acceptors (Lipinski definition) is 7. The van der Waals surface area contributed by atoms with Crippen molar-refractivity contribution >= 4 is 11.9 Å². The van der Waals surface area contributed by atoms with Gasteiger partial charge in [0.1, 0.15) is 13.2 Å². The van der Waals surface area contributed by atoms with Crippen molar-refractivity contribution in [2.24, 2.45) is 5.41 Å². The molecule has 2 unspecified atom stereocenters. The molecule has 0 amide bonds. The largest absolute Gasteiger partial charge is 0.465 e. The summed E-state index contributed by atoms with van der Waals surface area (Å²) in [6, 6.07) is 0. The quantitative estimate of drug-likeness (QED) is 0.274. The monoisotopic (exact) mass is 390 g/mol. The highest BCUT2D eigenvalue weighted by Crippen LogP contribution is 2.23. The molecule has 0 saturated heterocycles. The van der Waals surface area contributed by atoms with Crippen molar-refractivity contribution in [3.05, 3.63) is 0 Å². The number of unbranched alkanes of at least 4 members (excludes halogenated alkanes) is 2. The molecule has 0 aromatic carbocycles. The summed E-state index contributed by atoms with van der Waals surface area (Å²) in [6.07, 6.45) is 4.38. The van der Waals surface area contributed by atoms with E-state index in [4.69, 9.17) is 9.47 Å². The van der Waals surface area contributed by atoms with Crippen LogP contribution < -0.4 is 0 Å². The zero-order valence-electron chi connectivity index (χ0n) is 17.1. The molecule has 7 heteroatoms. The molecule has 0 aromatic heterocycles. The Hall–Kier alpha value is -1.18. The van der Waals surface area contributed by atoms with Crippen molar-refractivity contribution in [3.8, 4) is 0 Å². The van der Waals surface area contributed by atoms with Crippen LogP contribution in [0.4, 0.5) is 0 Å². The number of esters is 2. The Morgan fingerprint density at radius 2 is 1.26 bits per heavy atom. The molecule has 7 nitrogen and oxygen atoms in total. The maximum Gasteiger partial charge on any atom is 0.305 e. The van der Waals surface area contributed by atoms with Crippen molar-refractivity contribution in [1.82, 2.24) is 0 Å². The van der Waals surface area contributed by atoms with Gasteiger partial charge in [-0.05, 0) is 46.0 Å². The summed E-state index contributed by atoms with van der Waals surface area (Å²) in [5.74, 6) is -0.701. The van der Waals surface area contributed by atoms with E-state index in [0.717, 1.165) is 12.8 Å². The molecule has 160 valence electrons. The van der Waals surface area contributed by atoms with Gasteiger partial charge in [0.25, 0.3) is 0 Å². The molecule has 0 aliphatic carbocycles. The lowest BCUT2D eigenvalue weighted by molar-refractivity contribution is -0.156. The maximum atomic E-state index is 11.8. The Morgan fingerprint density at radius 1 is 0.852 bits per heavy atom. The van der Waals surface area contributed by atoms with Gasteiger partial charge in [0, 0.05) is 12.8 Å². The summed E-state index contributed by atoms with van der Waals surface area (Å²) in [4.78, 5) is 23.7. The van der Waals surface area contributed by atoms with E-state index in [-0.39, 0.29) is 56.8 Å². The first-order valence-electron chi connectivity index (χ1n) is 10.0. The van der Waals surface area contributed by atoms with Crippen LogP contribution in [0.3, 0.4) is 0 Å². The van der Waals surface area contributed by atoms with Crippen molar-refractivity contribution in [3.63, 3.8) is 0 Å². The summed E-state index contributed by atoms with van der Waals surface area (Å²) in [5, 5.41) is 28.1. The second-order valence-corrected chi connectivity index (χ2v) is 7.52. The van der Waals surface area contributed by atoms with Crippen LogP contribution in [0.1, 0.15) is 78.6 Å². The van der Waals surface area contributed by atoms with Crippen LogP contribution in [-0.4, -0.2) is 59.3 Å². The van der Waals surface area contributed by atoms with Crippen LogP contribution in [0, 0.1) is 5.41 Å². The van der Waals surface area contributed by atoms with Gasteiger partial charge < -0.3 is 24.8 Å². The molecular weight excluding hydrogens is 352 g/mol. The van der Waals surface area contributed by atoms with Crippen molar-refractivity contribution in [2.45, 2.75) is 90.8 Å². The predicted molar refractivity (Wildman–Crippen MR) is 102 cm³/mol. The fourth-order valence-corrected chi connectivity index (χ4v) is 2.48. The zero-order valence-corrected chi connectivity index (χ0v) is 17.1. The van der Waals surface area contributed by atoms with Gasteiger partial charge in [-0.15, -0.1) is 0 Å². The minimum absolute atomic E-state index is 0.00451. The fourth-order valence-electron chi connectivity index (χ4n) is 2.48. The summed E-state index contributed by atoms with van der Waals surface area (Å²) < 4.78 is 10.5. The zero-order chi connectivity index (χ0) is 20.7. The van der Waals surface area contributed by atoms with E-state index in [1.54, 1.807) is 13.8 Å². The van der Waals surface area contributed by atoms with Gasteiger partial charge in [-0.2, -0.15) is 0 Å². The summed E-state index contributed by atoms with van der Waals surface area (Å²) in [7, 11) is 0. The third-order valence-electron chi connectivity index (χ3n) is 4.67. The van der Waals surface area contributed by atoms with Crippen molar-refractivity contribution < 1.29 is 34.4 Å². The molecule has 0 saturated carbocycles. The molecule has 0 heterocycles.